The first-order valence-electron chi connectivity index (χ1n) is 10.8. The van der Waals surface area contributed by atoms with Crippen molar-refractivity contribution in [1.82, 2.24) is 9.97 Å². The lowest BCUT2D eigenvalue weighted by molar-refractivity contribution is -0.140. The van der Waals surface area contributed by atoms with Gasteiger partial charge in [0.05, 0.1) is 42.5 Å². The van der Waals surface area contributed by atoms with Crippen LogP contribution in [0.3, 0.4) is 0 Å². The maximum Gasteiger partial charge on any atom is 0.305 e. The van der Waals surface area contributed by atoms with E-state index in [1.54, 1.807) is 24.2 Å². The van der Waals surface area contributed by atoms with Crippen LogP contribution in [0.4, 0.5) is 5.13 Å². The number of oxazole rings is 1. The molecule has 34 heavy (non-hydrogen) atoms. The molecule has 8 nitrogen and oxygen atoms in total. The topological polar surface area (TPSA) is 104 Å². The molecule has 10 heteroatoms. The fourth-order valence-electron chi connectivity index (χ4n) is 2.84. The first-order valence-corrected chi connectivity index (χ1v) is 12.7. The van der Waals surface area contributed by atoms with Gasteiger partial charge in [-0.25, -0.2) is 9.97 Å². The van der Waals surface area contributed by atoms with E-state index in [0.717, 1.165) is 15.5 Å². The highest BCUT2D eigenvalue weighted by molar-refractivity contribution is 8.00. The Morgan fingerprint density at radius 1 is 1.21 bits per heavy atom. The highest BCUT2D eigenvalue weighted by Crippen LogP contribution is 2.31. The molecule has 0 spiro atoms. The summed E-state index contributed by atoms with van der Waals surface area (Å²) in [7, 11) is 1.36. The number of aromatic nitrogens is 2. The SMILES string of the molecule is COC(=O)CCCOc1cccc(CC(=O)Nc2ncc(SCc3ncc(C(C)(C)C)o3)s2)c1. The van der Waals surface area contributed by atoms with Crippen LogP contribution >= 0.6 is 23.1 Å². The summed E-state index contributed by atoms with van der Waals surface area (Å²) < 4.78 is 17.1. The molecule has 182 valence electrons. The van der Waals surface area contributed by atoms with Crippen LogP contribution in [0.5, 0.6) is 5.75 Å². The Balaban J connectivity index is 1.45. The molecular formula is C24H29N3O5S2. The maximum atomic E-state index is 12.5. The van der Waals surface area contributed by atoms with E-state index in [9.17, 15) is 9.59 Å². The van der Waals surface area contributed by atoms with Gasteiger partial charge in [0, 0.05) is 11.8 Å². The number of hydrogen-bond acceptors (Lipinski definition) is 9. The third kappa shape index (κ3) is 8.18. The van der Waals surface area contributed by atoms with Crippen molar-refractivity contribution in [3.05, 3.63) is 53.9 Å². The van der Waals surface area contributed by atoms with Crippen molar-refractivity contribution in [1.29, 1.82) is 0 Å². The molecule has 0 aliphatic rings. The first-order chi connectivity index (χ1) is 16.2. The number of carbonyl (C=O) groups is 2. The molecule has 1 aromatic carbocycles. The molecule has 0 aliphatic carbocycles. The van der Waals surface area contributed by atoms with Gasteiger partial charge in [0.2, 0.25) is 11.8 Å². The number of thioether (sulfide) groups is 1. The number of nitrogens with one attached hydrogen (secondary N) is 1. The van der Waals surface area contributed by atoms with Gasteiger partial charge in [0.25, 0.3) is 0 Å². The van der Waals surface area contributed by atoms with E-state index < -0.39 is 0 Å². The number of anilines is 1. The van der Waals surface area contributed by atoms with E-state index in [2.05, 4.69) is 40.8 Å². The van der Waals surface area contributed by atoms with Crippen LogP contribution in [0.25, 0.3) is 0 Å². The molecular weight excluding hydrogens is 474 g/mol. The van der Waals surface area contributed by atoms with E-state index in [1.807, 2.05) is 24.3 Å². The minimum atomic E-state index is -0.259. The third-order valence-electron chi connectivity index (χ3n) is 4.65. The molecule has 0 saturated heterocycles. The molecule has 0 aliphatic heterocycles. The summed E-state index contributed by atoms with van der Waals surface area (Å²) >= 11 is 2.98. The smallest absolute Gasteiger partial charge is 0.305 e. The van der Waals surface area contributed by atoms with Crippen LogP contribution in [0, 0.1) is 0 Å². The largest absolute Gasteiger partial charge is 0.494 e. The van der Waals surface area contributed by atoms with E-state index >= 15 is 0 Å². The Bertz CT molecular complexity index is 1100. The Hall–Kier alpha value is -2.85. The van der Waals surface area contributed by atoms with E-state index in [1.165, 1.54) is 18.4 Å². The predicted octanol–water partition coefficient (Wildman–Crippen LogP) is 5.23. The summed E-state index contributed by atoms with van der Waals surface area (Å²) in [4.78, 5) is 32.3. The second-order valence-electron chi connectivity index (χ2n) is 8.54. The number of rotatable bonds is 11. The Morgan fingerprint density at radius 3 is 2.76 bits per heavy atom. The monoisotopic (exact) mass is 503 g/mol. The zero-order valence-corrected chi connectivity index (χ0v) is 21.4. The number of carbonyl (C=O) groups excluding carboxylic acids is 2. The molecule has 0 saturated carbocycles. The standard InChI is InChI=1S/C24H29N3O5S2/c1-24(2,3)18-13-25-20(32-18)15-33-22-14-26-23(34-22)27-19(28)12-16-7-5-8-17(11-16)31-10-6-9-21(29)30-4/h5,7-8,11,13-14H,6,9-10,12,15H2,1-4H3,(H,26,27,28). The minimum absolute atomic E-state index is 0.0754. The van der Waals surface area contributed by atoms with Crippen LogP contribution in [0.1, 0.15) is 50.8 Å². The van der Waals surface area contributed by atoms with Crippen molar-refractivity contribution in [2.75, 3.05) is 19.0 Å². The number of hydrogen-bond donors (Lipinski definition) is 1. The van der Waals surface area contributed by atoms with Gasteiger partial charge in [-0.3, -0.25) is 9.59 Å². The highest BCUT2D eigenvalue weighted by atomic mass is 32.2. The fourth-order valence-corrected chi connectivity index (χ4v) is 4.59. The van der Waals surface area contributed by atoms with Crippen molar-refractivity contribution in [3.63, 3.8) is 0 Å². The van der Waals surface area contributed by atoms with Crippen molar-refractivity contribution in [2.24, 2.45) is 0 Å². The predicted molar refractivity (Wildman–Crippen MR) is 132 cm³/mol. The number of thiazole rings is 1. The first kappa shape index (κ1) is 25.8. The van der Waals surface area contributed by atoms with E-state index in [0.29, 0.717) is 42.0 Å². The Labute approximate surface area is 207 Å². The van der Waals surface area contributed by atoms with Crippen LogP contribution in [-0.4, -0.2) is 35.6 Å². The maximum absolute atomic E-state index is 12.5. The average Bonchev–Trinajstić information content (AvgIpc) is 3.44. The van der Waals surface area contributed by atoms with Gasteiger partial charge in [-0.05, 0) is 24.1 Å². The second-order valence-corrected chi connectivity index (χ2v) is 10.8. The van der Waals surface area contributed by atoms with Crippen molar-refractivity contribution < 1.29 is 23.5 Å². The van der Waals surface area contributed by atoms with Crippen molar-refractivity contribution >= 4 is 40.1 Å². The van der Waals surface area contributed by atoms with Gasteiger partial charge in [0.15, 0.2) is 5.13 Å². The molecule has 2 heterocycles. The minimum Gasteiger partial charge on any atom is -0.494 e. The van der Waals surface area contributed by atoms with Gasteiger partial charge >= 0.3 is 5.97 Å². The molecule has 0 unspecified atom stereocenters. The number of nitrogens with zero attached hydrogens (tertiary/aromatic N) is 2. The molecule has 0 bridgehead atoms. The zero-order chi connectivity index (χ0) is 24.6. The zero-order valence-electron chi connectivity index (χ0n) is 19.8. The molecule has 1 N–H and O–H groups in total. The van der Waals surface area contributed by atoms with Crippen molar-refractivity contribution in [2.45, 2.75) is 55.4 Å². The van der Waals surface area contributed by atoms with Crippen LogP contribution < -0.4 is 10.1 Å². The average molecular weight is 504 g/mol. The molecule has 0 fully saturated rings. The van der Waals surface area contributed by atoms with Gasteiger partial charge < -0.3 is 19.2 Å². The summed E-state index contributed by atoms with van der Waals surface area (Å²) in [5, 5.41) is 3.39. The van der Waals surface area contributed by atoms with Gasteiger partial charge in [-0.1, -0.05) is 44.2 Å². The lowest BCUT2D eigenvalue weighted by atomic mass is 9.94. The lowest BCUT2D eigenvalue weighted by Gasteiger charge is -2.12. The van der Waals surface area contributed by atoms with Crippen LogP contribution in [0.2, 0.25) is 0 Å². The number of ether oxygens (including phenoxy) is 2. The number of amides is 1. The summed E-state index contributed by atoms with van der Waals surface area (Å²) in [5.41, 5.74) is 0.751. The summed E-state index contributed by atoms with van der Waals surface area (Å²) in [6.45, 7) is 6.65. The molecule has 1 amide bonds. The summed E-state index contributed by atoms with van der Waals surface area (Å²) in [6.07, 6.45) is 4.59. The van der Waals surface area contributed by atoms with Crippen LogP contribution in [0.15, 0.2) is 45.3 Å². The second kappa shape index (κ2) is 12.0. The normalized spacial score (nSPS) is 11.3. The van der Waals surface area contributed by atoms with Crippen LogP contribution in [-0.2, 0) is 31.9 Å². The van der Waals surface area contributed by atoms with Gasteiger partial charge in [-0.2, -0.15) is 0 Å². The Morgan fingerprint density at radius 2 is 2.03 bits per heavy atom. The van der Waals surface area contributed by atoms with Crippen molar-refractivity contribution in [3.8, 4) is 5.75 Å². The van der Waals surface area contributed by atoms with E-state index in [-0.39, 0.29) is 23.7 Å². The number of methoxy groups -OCH3 is 1. The van der Waals surface area contributed by atoms with Gasteiger partial charge in [0.1, 0.15) is 11.5 Å². The molecule has 0 atom stereocenters. The lowest BCUT2D eigenvalue weighted by Crippen LogP contribution is -2.14. The summed E-state index contributed by atoms with van der Waals surface area (Å²) in [6, 6.07) is 7.35. The molecule has 2 aromatic heterocycles. The highest BCUT2D eigenvalue weighted by Gasteiger charge is 2.19. The fraction of sp³-hybridized carbons (Fsp3) is 0.417. The molecule has 0 radical (unpaired) electrons. The quantitative estimate of drug-likeness (QED) is 0.215. The molecule has 3 rings (SSSR count). The summed E-state index contributed by atoms with van der Waals surface area (Å²) in [5.74, 6) is 2.36. The van der Waals surface area contributed by atoms with Gasteiger partial charge in [-0.15, -0.1) is 11.8 Å². The number of esters is 1. The molecule has 3 aromatic rings. The Kier molecular flexibility index (Phi) is 9.12. The van der Waals surface area contributed by atoms with E-state index in [4.69, 9.17) is 9.15 Å². The number of benzene rings is 1. The third-order valence-corrected chi connectivity index (χ3v) is 6.74.